The zero-order valence-electron chi connectivity index (χ0n) is 15.0. The van der Waals surface area contributed by atoms with Crippen LogP contribution in [-0.2, 0) is 16.2 Å². The second-order valence-corrected chi connectivity index (χ2v) is 5.45. The zero-order valence-corrected chi connectivity index (χ0v) is 15.0. The lowest BCUT2D eigenvalue weighted by Crippen LogP contribution is -2.16. The molecule has 7 heteroatoms. The van der Waals surface area contributed by atoms with Gasteiger partial charge in [-0.05, 0) is 30.2 Å². The van der Waals surface area contributed by atoms with Gasteiger partial charge in [0.25, 0.3) is 0 Å². The highest BCUT2D eigenvalue weighted by Crippen LogP contribution is 2.29. The molecular weight excluding hydrogens is 325 g/mol. The molecule has 2 rings (SSSR count). The molecule has 1 N–H and O–H groups in total. The Kier molecular flexibility index (Phi) is 9.81. The van der Waals surface area contributed by atoms with Gasteiger partial charge in [-0.3, -0.25) is 0 Å². The van der Waals surface area contributed by atoms with E-state index in [0.717, 1.165) is 11.3 Å². The Morgan fingerprint density at radius 3 is 2.00 bits per heavy atom. The van der Waals surface area contributed by atoms with Crippen LogP contribution in [0, 0.1) is 5.82 Å². The molecule has 0 saturated heterocycles. The molecule has 1 aromatic heterocycles. The fourth-order valence-electron chi connectivity index (χ4n) is 2.17. The molecule has 0 saturated carbocycles. The predicted molar refractivity (Wildman–Crippen MR) is 96.0 cm³/mol. The fraction of sp³-hybridized carbons (Fsp3) is 0.333. The first-order valence-electron chi connectivity index (χ1n) is 7.46. The molecule has 6 nitrogen and oxygen atoms in total. The van der Waals surface area contributed by atoms with Crippen LogP contribution in [0.15, 0.2) is 24.3 Å². The van der Waals surface area contributed by atoms with E-state index >= 15 is 0 Å². The molecule has 0 fully saturated rings. The number of aliphatic hydroxyl groups is 1. The van der Waals surface area contributed by atoms with Gasteiger partial charge in [0.05, 0.1) is 18.0 Å². The maximum atomic E-state index is 13.1. The molecule has 0 atom stereocenters. The molecule has 0 amide bonds. The van der Waals surface area contributed by atoms with E-state index in [1.165, 1.54) is 12.1 Å². The van der Waals surface area contributed by atoms with Crippen molar-refractivity contribution in [2.45, 2.75) is 26.4 Å². The van der Waals surface area contributed by atoms with E-state index in [2.05, 4.69) is 9.97 Å². The minimum absolute atomic E-state index is 0.145. The first-order valence-corrected chi connectivity index (χ1v) is 7.46. The summed E-state index contributed by atoms with van der Waals surface area (Å²) in [6.45, 7) is 7.90. The van der Waals surface area contributed by atoms with Crippen molar-refractivity contribution in [3.63, 3.8) is 0 Å². The average Bonchev–Trinajstić information content (AvgIpc) is 2.64. The highest BCUT2D eigenvalue weighted by Gasteiger charge is 2.18. The van der Waals surface area contributed by atoms with Gasteiger partial charge in [-0.2, -0.15) is 0 Å². The third-order valence-electron chi connectivity index (χ3n) is 3.25. The summed E-state index contributed by atoms with van der Waals surface area (Å²) in [6, 6.07) is 6.12. The molecule has 0 unspecified atom stereocenters. The van der Waals surface area contributed by atoms with Gasteiger partial charge >= 0.3 is 0 Å². The van der Waals surface area contributed by atoms with Gasteiger partial charge in [0.15, 0.2) is 0 Å². The highest BCUT2D eigenvalue weighted by molar-refractivity contribution is 5.65. The summed E-state index contributed by atoms with van der Waals surface area (Å²) in [7, 11) is 3.74. The SMILES string of the molecule is C=O.C=O.CC(C)c1nc(N(C)C)nc(-c2ccc(F)cc2)c1CO. The van der Waals surface area contributed by atoms with Gasteiger partial charge < -0.3 is 19.6 Å². The number of aromatic nitrogens is 2. The maximum Gasteiger partial charge on any atom is 0.225 e. The second kappa shape index (κ2) is 11.0. The molecule has 0 radical (unpaired) electrons. The summed E-state index contributed by atoms with van der Waals surface area (Å²) >= 11 is 0. The number of carbonyl (C=O) groups excluding carboxylic acids is 2. The Labute approximate surface area is 147 Å². The Bertz CT molecular complexity index is 659. The van der Waals surface area contributed by atoms with Crippen LogP contribution in [0.3, 0.4) is 0 Å². The normalized spacial score (nSPS) is 9.56. The minimum Gasteiger partial charge on any atom is -0.392 e. The monoisotopic (exact) mass is 349 g/mol. The highest BCUT2D eigenvalue weighted by atomic mass is 19.1. The Morgan fingerprint density at radius 2 is 1.60 bits per heavy atom. The largest absolute Gasteiger partial charge is 0.392 e. The molecule has 0 aliphatic heterocycles. The van der Waals surface area contributed by atoms with Crippen LogP contribution >= 0.6 is 0 Å². The average molecular weight is 349 g/mol. The molecule has 136 valence electrons. The van der Waals surface area contributed by atoms with Gasteiger partial charge in [-0.15, -0.1) is 0 Å². The number of anilines is 1. The number of rotatable bonds is 4. The van der Waals surface area contributed by atoms with Gasteiger partial charge in [0.2, 0.25) is 5.95 Å². The van der Waals surface area contributed by atoms with Crippen molar-refractivity contribution in [1.29, 1.82) is 0 Å². The third kappa shape index (κ3) is 5.72. The van der Waals surface area contributed by atoms with Crippen molar-refractivity contribution in [2.75, 3.05) is 19.0 Å². The van der Waals surface area contributed by atoms with Crippen molar-refractivity contribution in [2.24, 2.45) is 0 Å². The fourth-order valence-corrected chi connectivity index (χ4v) is 2.17. The summed E-state index contributed by atoms with van der Waals surface area (Å²) in [5, 5.41) is 9.73. The molecule has 0 aliphatic carbocycles. The topological polar surface area (TPSA) is 83.4 Å². The molecule has 1 heterocycles. The second-order valence-electron chi connectivity index (χ2n) is 5.45. The van der Waals surface area contributed by atoms with E-state index in [-0.39, 0.29) is 18.3 Å². The summed E-state index contributed by atoms with van der Waals surface area (Å²) in [6.07, 6.45) is 0. The third-order valence-corrected chi connectivity index (χ3v) is 3.25. The lowest BCUT2D eigenvalue weighted by atomic mass is 9.99. The summed E-state index contributed by atoms with van der Waals surface area (Å²) in [5.74, 6) is 0.443. The zero-order chi connectivity index (χ0) is 19.6. The van der Waals surface area contributed by atoms with Crippen molar-refractivity contribution in [3.05, 3.63) is 41.3 Å². The van der Waals surface area contributed by atoms with Gasteiger partial charge in [0.1, 0.15) is 19.4 Å². The van der Waals surface area contributed by atoms with Crippen LogP contribution < -0.4 is 4.90 Å². The van der Waals surface area contributed by atoms with E-state index in [4.69, 9.17) is 9.59 Å². The molecule has 1 aromatic carbocycles. The van der Waals surface area contributed by atoms with Crippen LogP contribution in [0.25, 0.3) is 11.3 Å². The quantitative estimate of drug-likeness (QED) is 0.913. The number of hydrogen-bond acceptors (Lipinski definition) is 6. The number of aliphatic hydroxyl groups excluding tert-OH is 1. The Morgan fingerprint density at radius 1 is 1.08 bits per heavy atom. The van der Waals surface area contributed by atoms with Gasteiger partial charge in [-0.1, -0.05) is 13.8 Å². The van der Waals surface area contributed by atoms with Crippen molar-refractivity contribution < 1.29 is 19.1 Å². The minimum atomic E-state index is -0.296. The smallest absolute Gasteiger partial charge is 0.225 e. The van der Waals surface area contributed by atoms with Crippen LogP contribution in [0.1, 0.15) is 31.0 Å². The van der Waals surface area contributed by atoms with E-state index < -0.39 is 0 Å². The lowest BCUT2D eigenvalue weighted by Gasteiger charge is -2.19. The van der Waals surface area contributed by atoms with E-state index in [9.17, 15) is 9.50 Å². The van der Waals surface area contributed by atoms with E-state index in [1.54, 1.807) is 12.1 Å². The standard InChI is InChI=1S/C16H20FN3O.2CH2O/c1-10(2)14-13(9-21)15(19-16(18-14)20(3)4)11-5-7-12(17)8-6-11;2*1-2/h5-8,10,21H,9H2,1-4H3;2*1H2. The number of benzene rings is 1. The van der Waals surface area contributed by atoms with Crippen molar-refractivity contribution in [1.82, 2.24) is 9.97 Å². The predicted octanol–water partition coefficient (Wildman–Crippen LogP) is 2.59. The maximum absolute atomic E-state index is 13.1. The van der Waals surface area contributed by atoms with Crippen LogP contribution in [0.2, 0.25) is 0 Å². The molecule has 25 heavy (non-hydrogen) atoms. The van der Waals surface area contributed by atoms with Gasteiger partial charge in [-0.25, -0.2) is 14.4 Å². The molecular formula is C18H24FN3O3. The van der Waals surface area contributed by atoms with Crippen LogP contribution in [0.5, 0.6) is 0 Å². The molecule has 2 aromatic rings. The summed E-state index contributed by atoms with van der Waals surface area (Å²) in [4.78, 5) is 26.9. The van der Waals surface area contributed by atoms with Crippen molar-refractivity contribution >= 4 is 19.5 Å². The van der Waals surface area contributed by atoms with Crippen molar-refractivity contribution in [3.8, 4) is 11.3 Å². The summed E-state index contributed by atoms with van der Waals surface area (Å²) in [5.41, 5.74) is 2.94. The number of nitrogens with zero attached hydrogens (tertiary/aromatic N) is 3. The van der Waals surface area contributed by atoms with E-state index in [0.29, 0.717) is 17.2 Å². The first kappa shape index (κ1) is 22.3. The Hall–Kier alpha value is -2.67. The van der Waals surface area contributed by atoms with Crippen LogP contribution in [0.4, 0.5) is 10.3 Å². The molecule has 0 bridgehead atoms. The summed E-state index contributed by atoms with van der Waals surface area (Å²) < 4.78 is 13.1. The molecule has 0 aliphatic rings. The number of hydrogen-bond donors (Lipinski definition) is 1. The van der Waals surface area contributed by atoms with Gasteiger partial charge in [0, 0.05) is 25.2 Å². The first-order chi connectivity index (χ1) is 11.9. The van der Waals surface area contributed by atoms with Crippen LogP contribution in [-0.4, -0.2) is 42.7 Å². The Balaban J connectivity index is 0.00000134. The number of carbonyl (C=O) groups is 2. The lowest BCUT2D eigenvalue weighted by molar-refractivity contribution is -0.0987. The molecule has 0 spiro atoms. The number of halogens is 1. The van der Waals surface area contributed by atoms with E-state index in [1.807, 2.05) is 46.4 Å².